The summed E-state index contributed by atoms with van der Waals surface area (Å²) in [6, 6.07) is 14.6. The Morgan fingerprint density at radius 1 is 1.00 bits per heavy atom. The predicted octanol–water partition coefficient (Wildman–Crippen LogP) is 4.78. The van der Waals surface area contributed by atoms with Gasteiger partial charge in [0.1, 0.15) is 0 Å². The molecule has 0 radical (unpaired) electrons. The Morgan fingerprint density at radius 2 is 1.79 bits per heavy atom. The van der Waals surface area contributed by atoms with Crippen LogP contribution in [-0.4, -0.2) is 54.9 Å². The van der Waals surface area contributed by atoms with Crippen LogP contribution in [0.3, 0.4) is 0 Å². The average molecular weight is 468 g/mol. The zero-order valence-corrected chi connectivity index (χ0v) is 20.4. The van der Waals surface area contributed by atoms with Crippen molar-refractivity contribution in [2.45, 2.75) is 58.0 Å². The molecule has 0 aliphatic carbocycles. The van der Waals surface area contributed by atoms with Gasteiger partial charge in [0.05, 0.1) is 0 Å². The summed E-state index contributed by atoms with van der Waals surface area (Å²) in [5, 5.41) is 3.98. The Morgan fingerprint density at radius 3 is 2.52 bits per heavy atom. The lowest BCUT2D eigenvalue weighted by atomic mass is 10.0. The first-order chi connectivity index (χ1) is 15.9. The van der Waals surface area contributed by atoms with E-state index in [-0.39, 0.29) is 30.6 Å². The lowest BCUT2D eigenvalue weighted by Crippen LogP contribution is -2.45. The molecule has 0 spiro atoms. The van der Waals surface area contributed by atoms with Crippen molar-refractivity contribution in [1.29, 1.82) is 0 Å². The summed E-state index contributed by atoms with van der Waals surface area (Å²) < 4.78 is 0. The fourth-order valence-electron chi connectivity index (χ4n) is 4.99. The van der Waals surface area contributed by atoms with Gasteiger partial charge in [-0.05, 0) is 56.9 Å². The summed E-state index contributed by atoms with van der Waals surface area (Å²) in [7, 11) is 0. The highest BCUT2D eigenvalue weighted by molar-refractivity contribution is 6.31. The normalized spacial score (nSPS) is 19.6. The SMILES string of the molecule is Cc1cccc(C(=O)CCC(=O)N[C@@H]2CCN(C3CCN(c4ccc(C)c(Cl)c4)CC3)C2)c1. The van der Waals surface area contributed by atoms with Gasteiger partial charge >= 0.3 is 0 Å². The molecule has 1 amide bonds. The van der Waals surface area contributed by atoms with Crippen molar-refractivity contribution in [1.82, 2.24) is 10.2 Å². The molecule has 2 fully saturated rings. The van der Waals surface area contributed by atoms with Crippen LogP contribution in [0.25, 0.3) is 0 Å². The largest absolute Gasteiger partial charge is 0.371 e. The smallest absolute Gasteiger partial charge is 0.220 e. The number of Topliss-reactive ketones (excluding diaryl/α,β-unsaturated/α-hetero) is 1. The van der Waals surface area contributed by atoms with Gasteiger partial charge in [0.2, 0.25) is 5.91 Å². The number of hydrogen-bond donors (Lipinski definition) is 1. The molecule has 2 aromatic rings. The van der Waals surface area contributed by atoms with Gasteiger partial charge in [-0.3, -0.25) is 14.5 Å². The second-order valence-electron chi connectivity index (χ2n) is 9.49. The van der Waals surface area contributed by atoms with E-state index in [1.54, 1.807) is 0 Å². The second-order valence-corrected chi connectivity index (χ2v) is 9.90. The number of hydrogen-bond acceptors (Lipinski definition) is 4. The first kappa shape index (κ1) is 23.8. The van der Waals surface area contributed by atoms with E-state index >= 15 is 0 Å². The van der Waals surface area contributed by atoms with E-state index in [1.165, 1.54) is 5.69 Å². The minimum Gasteiger partial charge on any atom is -0.371 e. The van der Waals surface area contributed by atoms with Gasteiger partial charge in [-0.2, -0.15) is 0 Å². The molecule has 5 nitrogen and oxygen atoms in total. The summed E-state index contributed by atoms with van der Waals surface area (Å²) in [5.41, 5.74) is 4.06. The molecule has 0 saturated carbocycles. The fourth-order valence-corrected chi connectivity index (χ4v) is 5.17. The van der Waals surface area contributed by atoms with E-state index in [0.717, 1.165) is 61.6 Å². The van der Waals surface area contributed by atoms with Gasteiger partial charge in [0.15, 0.2) is 5.78 Å². The Balaban J connectivity index is 1.19. The van der Waals surface area contributed by atoms with Crippen molar-refractivity contribution in [2.75, 3.05) is 31.1 Å². The molecular formula is C27H34ClN3O2. The average Bonchev–Trinajstić information content (AvgIpc) is 3.28. The summed E-state index contributed by atoms with van der Waals surface area (Å²) in [6.45, 7) is 7.98. The van der Waals surface area contributed by atoms with Crippen LogP contribution in [0.4, 0.5) is 5.69 Å². The topological polar surface area (TPSA) is 52.7 Å². The van der Waals surface area contributed by atoms with Crippen molar-refractivity contribution in [3.63, 3.8) is 0 Å². The minimum atomic E-state index is -0.0195. The number of nitrogens with one attached hydrogen (secondary N) is 1. The Kier molecular flexibility index (Phi) is 7.71. The van der Waals surface area contributed by atoms with Crippen molar-refractivity contribution in [3.05, 3.63) is 64.2 Å². The van der Waals surface area contributed by atoms with Gasteiger partial charge in [0, 0.05) is 67.4 Å². The number of carbonyl (C=O) groups excluding carboxylic acids is 2. The van der Waals surface area contributed by atoms with Gasteiger partial charge in [-0.25, -0.2) is 0 Å². The van der Waals surface area contributed by atoms with E-state index in [2.05, 4.69) is 33.3 Å². The Labute approximate surface area is 202 Å². The fraction of sp³-hybridized carbons (Fsp3) is 0.481. The van der Waals surface area contributed by atoms with Crippen LogP contribution in [0, 0.1) is 13.8 Å². The third-order valence-corrected chi connectivity index (χ3v) is 7.41. The lowest BCUT2D eigenvalue weighted by molar-refractivity contribution is -0.121. The molecule has 6 heteroatoms. The number of likely N-dealkylation sites (tertiary alicyclic amines) is 1. The Bertz CT molecular complexity index is 1000. The number of amides is 1. The van der Waals surface area contributed by atoms with Gasteiger partial charge < -0.3 is 10.2 Å². The number of aryl methyl sites for hydroxylation is 2. The predicted molar refractivity (Wildman–Crippen MR) is 134 cm³/mol. The third kappa shape index (κ3) is 6.15. The maximum atomic E-state index is 12.4. The first-order valence-electron chi connectivity index (χ1n) is 12.0. The minimum absolute atomic E-state index is 0.0195. The molecule has 2 aromatic carbocycles. The molecule has 2 heterocycles. The van der Waals surface area contributed by atoms with Gasteiger partial charge in [0.25, 0.3) is 0 Å². The van der Waals surface area contributed by atoms with Crippen molar-refractivity contribution in [2.24, 2.45) is 0 Å². The van der Waals surface area contributed by atoms with Crippen molar-refractivity contribution >= 4 is 29.0 Å². The van der Waals surface area contributed by atoms with Gasteiger partial charge in [-0.15, -0.1) is 0 Å². The summed E-state index contributed by atoms with van der Waals surface area (Å²) >= 11 is 6.31. The number of rotatable bonds is 7. The van der Waals surface area contributed by atoms with Crippen molar-refractivity contribution < 1.29 is 9.59 Å². The highest BCUT2D eigenvalue weighted by Crippen LogP contribution is 2.28. The van der Waals surface area contributed by atoms with Crippen LogP contribution in [0.15, 0.2) is 42.5 Å². The molecule has 176 valence electrons. The Hall–Kier alpha value is -2.37. The molecule has 33 heavy (non-hydrogen) atoms. The number of halogens is 1. The highest BCUT2D eigenvalue weighted by Gasteiger charge is 2.31. The van der Waals surface area contributed by atoms with Crippen LogP contribution in [0.5, 0.6) is 0 Å². The van der Waals surface area contributed by atoms with E-state index in [0.29, 0.717) is 11.6 Å². The molecule has 2 aliphatic heterocycles. The molecule has 2 aliphatic rings. The first-order valence-corrected chi connectivity index (χ1v) is 12.4. The molecule has 0 aromatic heterocycles. The number of nitrogens with zero attached hydrogens (tertiary/aromatic N) is 2. The number of ketones is 1. The summed E-state index contributed by atoms with van der Waals surface area (Å²) in [6.07, 6.45) is 3.73. The van der Waals surface area contributed by atoms with E-state index < -0.39 is 0 Å². The molecule has 0 bridgehead atoms. The lowest BCUT2D eigenvalue weighted by Gasteiger charge is -2.38. The molecule has 0 unspecified atom stereocenters. The standard InChI is InChI=1S/C27H34ClN3O2/c1-19-4-3-5-21(16-19)26(32)8-9-27(33)29-22-10-13-31(18-22)23-11-14-30(15-12-23)24-7-6-20(2)25(28)17-24/h3-7,16-17,22-23H,8-15,18H2,1-2H3,(H,29,33)/t22-/m1/s1. The second kappa shape index (κ2) is 10.7. The molecular weight excluding hydrogens is 434 g/mol. The maximum Gasteiger partial charge on any atom is 0.220 e. The van der Waals surface area contributed by atoms with Crippen LogP contribution < -0.4 is 10.2 Å². The molecule has 1 N–H and O–H groups in total. The molecule has 2 saturated heterocycles. The summed E-state index contributed by atoms with van der Waals surface area (Å²) in [5.74, 6) is 0.0115. The molecule has 1 atom stereocenters. The number of benzene rings is 2. The number of anilines is 1. The maximum absolute atomic E-state index is 12.4. The van der Waals surface area contributed by atoms with Crippen molar-refractivity contribution in [3.8, 4) is 0 Å². The van der Waals surface area contributed by atoms with E-state index in [9.17, 15) is 9.59 Å². The summed E-state index contributed by atoms with van der Waals surface area (Å²) in [4.78, 5) is 29.7. The zero-order chi connectivity index (χ0) is 23.4. The molecule has 4 rings (SSSR count). The van der Waals surface area contributed by atoms with E-state index in [4.69, 9.17) is 11.6 Å². The van der Waals surface area contributed by atoms with Gasteiger partial charge in [-0.1, -0.05) is 41.4 Å². The van der Waals surface area contributed by atoms with Crippen LogP contribution in [0.2, 0.25) is 5.02 Å². The quantitative estimate of drug-likeness (QED) is 0.595. The third-order valence-electron chi connectivity index (χ3n) is 7.01. The number of piperidine rings is 1. The highest BCUT2D eigenvalue weighted by atomic mass is 35.5. The van der Waals surface area contributed by atoms with E-state index in [1.807, 2.05) is 38.1 Å². The van der Waals surface area contributed by atoms with Crippen LogP contribution in [-0.2, 0) is 4.79 Å². The van der Waals surface area contributed by atoms with Crippen LogP contribution in [0.1, 0.15) is 53.6 Å². The zero-order valence-electron chi connectivity index (χ0n) is 19.6. The van der Waals surface area contributed by atoms with Crippen LogP contribution >= 0.6 is 11.6 Å². The monoisotopic (exact) mass is 467 g/mol. The number of carbonyl (C=O) groups is 2.